The van der Waals surface area contributed by atoms with Crippen LogP contribution in [0.25, 0.3) is 0 Å². The summed E-state index contributed by atoms with van der Waals surface area (Å²) in [5.41, 5.74) is 0. The first-order chi connectivity index (χ1) is 4.22. The van der Waals surface area contributed by atoms with Crippen LogP contribution in [-0.4, -0.2) is 19.1 Å². The van der Waals surface area contributed by atoms with Gasteiger partial charge in [0.25, 0.3) is 0 Å². The fourth-order valence-corrected chi connectivity index (χ4v) is 0.422. The Kier molecular flexibility index (Phi) is 3.51. The average Bonchev–Trinajstić information content (AvgIpc) is 1.87. The Hall–Kier alpha value is -0.990. The molecule has 1 unspecified atom stereocenters. The molecule has 0 amide bonds. The highest BCUT2D eigenvalue weighted by Crippen LogP contribution is 1.83. The molecule has 0 aromatic carbocycles. The molecule has 9 heavy (non-hydrogen) atoms. The molecule has 1 atom stereocenters. The van der Waals surface area contributed by atoms with Crippen LogP contribution in [0.15, 0.2) is 12.8 Å². The summed E-state index contributed by atoms with van der Waals surface area (Å²) in [5, 5.41) is 2.69. The molecule has 1 N–H and O–H groups in total. The number of hydrogen-bond donors (Lipinski definition) is 1. The van der Waals surface area contributed by atoms with E-state index in [2.05, 4.69) is 16.6 Å². The second-order valence-electron chi connectivity index (χ2n) is 1.62. The third-order valence-corrected chi connectivity index (χ3v) is 0.923. The van der Waals surface area contributed by atoms with Crippen molar-refractivity contribution in [2.45, 2.75) is 13.0 Å². The van der Waals surface area contributed by atoms with E-state index in [0.717, 1.165) is 0 Å². The van der Waals surface area contributed by atoms with Gasteiger partial charge < -0.3 is 10.1 Å². The number of ether oxygens (including phenoxy) is 1. The molecule has 0 saturated carbocycles. The van der Waals surface area contributed by atoms with Crippen molar-refractivity contribution in [2.24, 2.45) is 0 Å². The van der Waals surface area contributed by atoms with Gasteiger partial charge in [-0.1, -0.05) is 6.58 Å². The van der Waals surface area contributed by atoms with Crippen LogP contribution in [0.2, 0.25) is 0 Å². The van der Waals surface area contributed by atoms with Gasteiger partial charge in [-0.3, -0.25) is 0 Å². The molecule has 0 rings (SSSR count). The van der Waals surface area contributed by atoms with Gasteiger partial charge in [0.2, 0.25) is 0 Å². The fraction of sp³-hybridized carbons (Fsp3) is 0.500. The van der Waals surface area contributed by atoms with E-state index < -0.39 is 0 Å². The molecular formula is C6H11NO2. The minimum Gasteiger partial charge on any atom is -0.467 e. The smallest absolute Gasteiger partial charge is 0.327 e. The number of esters is 1. The molecule has 0 saturated heterocycles. The minimum absolute atomic E-state index is 0.282. The van der Waals surface area contributed by atoms with Gasteiger partial charge in [0.15, 0.2) is 0 Å². The Bertz CT molecular complexity index is 112. The third-order valence-electron chi connectivity index (χ3n) is 0.923. The summed E-state index contributed by atoms with van der Waals surface area (Å²) < 4.78 is 4.42. The summed E-state index contributed by atoms with van der Waals surface area (Å²) in [5.74, 6) is -0.282. The van der Waals surface area contributed by atoms with E-state index in [1.165, 1.54) is 13.3 Å². The zero-order valence-electron chi connectivity index (χ0n) is 5.68. The van der Waals surface area contributed by atoms with Gasteiger partial charge >= 0.3 is 5.97 Å². The third kappa shape index (κ3) is 2.74. The molecular weight excluding hydrogens is 118 g/mol. The van der Waals surface area contributed by atoms with E-state index in [1.807, 2.05) is 0 Å². The Balaban J connectivity index is 3.58. The molecule has 0 radical (unpaired) electrons. The SMILES string of the molecule is C=CNC(C)C(=O)OC. The molecule has 0 aliphatic rings. The van der Waals surface area contributed by atoms with Gasteiger partial charge in [-0.15, -0.1) is 0 Å². The summed E-state index contributed by atoms with van der Waals surface area (Å²) in [6.07, 6.45) is 1.46. The van der Waals surface area contributed by atoms with Crippen LogP contribution in [0.4, 0.5) is 0 Å². The van der Waals surface area contributed by atoms with Crippen LogP contribution in [0, 0.1) is 0 Å². The van der Waals surface area contributed by atoms with Crippen molar-refractivity contribution in [3.63, 3.8) is 0 Å². The number of carbonyl (C=O) groups excluding carboxylic acids is 1. The number of carbonyl (C=O) groups is 1. The highest BCUT2D eigenvalue weighted by molar-refractivity contribution is 5.75. The van der Waals surface area contributed by atoms with E-state index in [9.17, 15) is 4.79 Å². The zero-order chi connectivity index (χ0) is 7.28. The van der Waals surface area contributed by atoms with E-state index >= 15 is 0 Å². The molecule has 0 aromatic rings. The zero-order valence-corrected chi connectivity index (χ0v) is 5.68. The van der Waals surface area contributed by atoms with Crippen molar-refractivity contribution in [1.82, 2.24) is 5.32 Å². The molecule has 3 nitrogen and oxygen atoms in total. The highest BCUT2D eigenvalue weighted by atomic mass is 16.5. The van der Waals surface area contributed by atoms with Crippen molar-refractivity contribution < 1.29 is 9.53 Å². The minimum atomic E-state index is -0.299. The lowest BCUT2D eigenvalue weighted by molar-refractivity contribution is -0.142. The Labute approximate surface area is 54.7 Å². The van der Waals surface area contributed by atoms with Crippen molar-refractivity contribution in [1.29, 1.82) is 0 Å². The van der Waals surface area contributed by atoms with E-state index in [-0.39, 0.29) is 12.0 Å². The first-order valence-corrected chi connectivity index (χ1v) is 2.67. The normalized spacial score (nSPS) is 11.8. The monoisotopic (exact) mass is 129 g/mol. The number of rotatable bonds is 3. The predicted octanol–water partition coefficient (Wildman–Crippen LogP) is 0.281. The quantitative estimate of drug-likeness (QED) is 0.556. The van der Waals surface area contributed by atoms with Crippen LogP contribution >= 0.6 is 0 Å². The van der Waals surface area contributed by atoms with Crippen molar-refractivity contribution >= 4 is 5.97 Å². The second kappa shape index (κ2) is 3.95. The van der Waals surface area contributed by atoms with Crippen molar-refractivity contribution in [2.75, 3.05) is 7.11 Å². The molecule has 0 spiro atoms. The van der Waals surface area contributed by atoms with Crippen LogP contribution in [0.5, 0.6) is 0 Å². The summed E-state index contributed by atoms with van der Waals surface area (Å²) in [6.45, 7) is 5.10. The second-order valence-corrected chi connectivity index (χ2v) is 1.62. The van der Waals surface area contributed by atoms with Crippen molar-refractivity contribution in [3.05, 3.63) is 12.8 Å². The molecule has 52 valence electrons. The van der Waals surface area contributed by atoms with Crippen LogP contribution < -0.4 is 5.32 Å². The van der Waals surface area contributed by atoms with E-state index in [1.54, 1.807) is 6.92 Å². The molecule has 0 aliphatic carbocycles. The summed E-state index contributed by atoms with van der Waals surface area (Å²) in [7, 11) is 1.35. The Morgan fingerprint density at radius 3 is 2.78 bits per heavy atom. The molecule has 0 aliphatic heterocycles. The predicted molar refractivity (Wildman–Crippen MR) is 34.8 cm³/mol. The standard InChI is InChI=1S/C6H11NO2/c1-4-7-5(2)6(8)9-3/h4-5,7H,1H2,2-3H3. The lowest BCUT2D eigenvalue weighted by Crippen LogP contribution is -2.30. The number of hydrogen-bond acceptors (Lipinski definition) is 3. The molecule has 3 heteroatoms. The first kappa shape index (κ1) is 8.01. The summed E-state index contributed by atoms with van der Waals surface area (Å²) in [4.78, 5) is 10.6. The lowest BCUT2D eigenvalue weighted by atomic mass is 10.3. The summed E-state index contributed by atoms with van der Waals surface area (Å²) in [6, 6.07) is -0.299. The maximum Gasteiger partial charge on any atom is 0.327 e. The number of nitrogens with one attached hydrogen (secondary N) is 1. The van der Waals surface area contributed by atoms with Gasteiger partial charge in [0.1, 0.15) is 6.04 Å². The molecule has 0 aromatic heterocycles. The largest absolute Gasteiger partial charge is 0.467 e. The van der Waals surface area contributed by atoms with E-state index in [4.69, 9.17) is 0 Å². The van der Waals surface area contributed by atoms with Crippen LogP contribution in [-0.2, 0) is 9.53 Å². The van der Waals surface area contributed by atoms with Crippen LogP contribution in [0.3, 0.4) is 0 Å². The molecule has 0 heterocycles. The van der Waals surface area contributed by atoms with Crippen LogP contribution in [0.1, 0.15) is 6.92 Å². The Morgan fingerprint density at radius 2 is 2.44 bits per heavy atom. The van der Waals surface area contributed by atoms with Gasteiger partial charge in [-0.2, -0.15) is 0 Å². The average molecular weight is 129 g/mol. The maximum absolute atomic E-state index is 10.6. The van der Waals surface area contributed by atoms with Gasteiger partial charge in [-0.05, 0) is 13.1 Å². The molecule has 0 fully saturated rings. The first-order valence-electron chi connectivity index (χ1n) is 2.67. The van der Waals surface area contributed by atoms with Gasteiger partial charge in [0, 0.05) is 0 Å². The lowest BCUT2D eigenvalue weighted by Gasteiger charge is -2.06. The molecule has 0 bridgehead atoms. The fourth-order valence-electron chi connectivity index (χ4n) is 0.422. The van der Waals surface area contributed by atoms with Crippen molar-refractivity contribution in [3.8, 4) is 0 Å². The number of methoxy groups -OCH3 is 1. The van der Waals surface area contributed by atoms with Gasteiger partial charge in [0.05, 0.1) is 7.11 Å². The Morgan fingerprint density at radius 1 is 1.89 bits per heavy atom. The maximum atomic E-state index is 10.6. The van der Waals surface area contributed by atoms with Gasteiger partial charge in [-0.25, -0.2) is 4.79 Å². The topological polar surface area (TPSA) is 38.3 Å². The van der Waals surface area contributed by atoms with E-state index in [0.29, 0.717) is 0 Å². The highest BCUT2D eigenvalue weighted by Gasteiger charge is 2.08. The summed E-state index contributed by atoms with van der Waals surface area (Å²) >= 11 is 0.